The van der Waals surface area contributed by atoms with Gasteiger partial charge in [-0.1, -0.05) is 47.7 Å². The van der Waals surface area contributed by atoms with Crippen molar-refractivity contribution in [3.05, 3.63) is 64.1 Å². The number of benzene rings is 1. The zero-order chi connectivity index (χ0) is 17.6. The second-order valence-corrected chi connectivity index (χ2v) is 7.54. The Morgan fingerprint density at radius 2 is 2.12 bits per heavy atom. The Kier molecular flexibility index (Phi) is 5.88. The van der Waals surface area contributed by atoms with E-state index >= 15 is 0 Å². The van der Waals surface area contributed by atoms with Crippen molar-refractivity contribution in [2.45, 2.75) is 31.6 Å². The van der Waals surface area contributed by atoms with Crippen molar-refractivity contribution < 1.29 is 4.79 Å². The Bertz CT molecular complexity index is 812. The molecule has 130 valence electrons. The lowest BCUT2D eigenvalue weighted by molar-refractivity contribution is -0.119. The molecule has 1 atom stereocenters. The van der Waals surface area contributed by atoms with Crippen LogP contribution in [-0.4, -0.2) is 26.4 Å². The van der Waals surface area contributed by atoms with E-state index in [-0.39, 0.29) is 11.9 Å². The number of aryl methyl sites for hydroxylation is 2. The Balaban J connectivity index is 1.70. The number of nitrogens with zero attached hydrogens (tertiary/aromatic N) is 3. The van der Waals surface area contributed by atoms with Gasteiger partial charge in [-0.05, 0) is 30.9 Å². The van der Waals surface area contributed by atoms with Crippen molar-refractivity contribution in [3.63, 3.8) is 0 Å². The third kappa shape index (κ3) is 4.49. The summed E-state index contributed by atoms with van der Waals surface area (Å²) in [4.78, 5) is 13.6. The molecule has 3 aromatic rings. The fourth-order valence-electron chi connectivity index (χ4n) is 2.44. The van der Waals surface area contributed by atoms with Crippen LogP contribution in [0, 0.1) is 6.92 Å². The van der Waals surface area contributed by atoms with E-state index in [1.165, 1.54) is 17.3 Å². The van der Waals surface area contributed by atoms with Crippen LogP contribution in [0.1, 0.15) is 29.0 Å². The summed E-state index contributed by atoms with van der Waals surface area (Å²) < 4.78 is 1.93. The summed E-state index contributed by atoms with van der Waals surface area (Å²) in [5, 5.41) is 13.9. The smallest absolute Gasteiger partial charge is 0.231 e. The monoisotopic (exact) mass is 372 g/mol. The van der Waals surface area contributed by atoms with E-state index in [1.807, 2.05) is 22.9 Å². The van der Waals surface area contributed by atoms with Gasteiger partial charge in [0.05, 0.1) is 11.8 Å². The van der Waals surface area contributed by atoms with Crippen molar-refractivity contribution >= 4 is 29.0 Å². The number of carbonyl (C=O) groups excluding carboxylic acids is 1. The van der Waals surface area contributed by atoms with Gasteiger partial charge in [0.15, 0.2) is 5.16 Å². The van der Waals surface area contributed by atoms with Crippen molar-refractivity contribution in [2.24, 2.45) is 0 Å². The molecule has 1 N–H and O–H groups in total. The van der Waals surface area contributed by atoms with Gasteiger partial charge in [-0.15, -0.1) is 21.5 Å². The van der Waals surface area contributed by atoms with Crippen molar-refractivity contribution in [3.8, 4) is 0 Å². The van der Waals surface area contributed by atoms with Gasteiger partial charge in [0, 0.05) is 11.4 Å². The highest BCUT2D eigenvalue weighted by Gasteiger charge is 2.18. The number of hydrogen-bond donors (Lipinski definition) is 1. The SMILES string of the molecule is CCn1cnnc1SCC(=O)NC(c1ccc(C)cc1)c1cccs1. The maximum absolute atomic E-state index is 12.5. The predicted octanol–water partition coefficient (Wildman–Crippen LogP) is 3.67. The number of aromatic nitrogens is 3. The molecule has 2 aromatic heterocycles. The second-order valence-electron chi connectivity index (χ2n) is 5.61. The molecule has 0 radical (unpaired) electrons. The van der Waals surface area contributed by atoms with E-state index in [9.17, 15) is 4.79 Å². The molecule has 25 heavy (non-hydrogen) atoms. The van der Waals surface area contributed by atoms with E-state index in [0.29, 0.717) is 5.75 Å². The largest absolute Gasteiger partial charge is 0.344 e. The minimum absolute atomic E-state index is 0.0189. The molecule has 0 aliphatic rings. The van der Waals surface area contributed by atoms with Gasteiger partial charge in [-0.3, -0.25) is 4.79 Å². The van der Waals surface area contributed by atoms with E-state index in [2.05, 4.69) is 52.8 Å². The van der Waals surface area contributed by atoms with Crippen LogP contribution in [-0.2, 0) is 11.3 Å². The molecular weight excluding hydrogens is 352 g/mol. The molecule has 0 aliphatic carbocycles. The zero-order valence-corrected chi connectivity index (χ0v) is 15.8. The lowest BCUT2D eigenvalue weighted by Crippen LogP contribution is -2.30. The fourth-order valence-corrected chi connectivity index (χ4v) is 4.03. The van der Waals surface area contributed by atoms with Gasteiger partial charge >= 0.3 is 0 Å². The van der Waals surface area contributed by atoms with Crippen LogP contribution in [0.25, 0.3) is 0 Å². The van der Waals surface area contributed by atoms with Crippen molar-refractivity contribution in [2.75, 3.05) is 5.75 Å². The van der Waals surface area contributed by atoms with E-state index < -0.39 is 0 Å². The molecule has 0 saturated heterocycles. The maximum Gasteiger partial charge on any atom is 0.231 e. The molecular formula is C18H20N4OS2. The summed E-state index contributed by atoms with van der Waals surface area (Å²) in [7, 11) is 0. The molecule has 0 spiro atoms. The molecule has 0 saturated carbocycles. The molecule has 1 unspecified atom stereocenters. The van der Waals surface area contributed by atoms with Crippen LogP contribution < -0.4 is 5.32 Å². The first kappa shape index (κ1) is 17.7. The van der Waals surface area contributed by atoms with Crippen LogP contribution >= 0.6 is 23.1 Å². The third-order valence-corrected chi connectivity index (χ3v) is 5.71. The van der Waals surface area contributed by atoms with Crippen molar-refractivity contribution in [1.82, 2.24) is 20.1 Å². The minimum atomic E-state index is -0.127. The molecule has 1 aromatic carbocycles. The van der Waals surface area contributed by atoms with Gasteiger partial charge in [0.1, 0.15) is 6.33 Å². The lowest BCUT2D eigenvalue weighted by atomic mass is 10.0. The Labute approximate surface area is 155 Å². The van der Waals surface area contributed by atoms with Gasteiger partial charge < -0.3 is 9.88 Å². The van der Waals surface area contributed by atoms with E-state index in [1.54, 1.807) is 17.7 Å². The van der Waals surface area contributed by atoms with Crippen LogP contribution in [0.2, 0.25) is 0 Å². The molecule has 0 aliphatic heterocycles. The number of thiophene rings is 1. The number of thioether (sulfide) groups is 1. The topological polar surface area (TPSA) is 59.8 Å². The Hall–Kier alpha value is -2.12. The summed E-state index contributed by atoms with van der Waals surface area (Å²) in [6, 6.07) is 12.2. The highest BCUT2D eigenvalue weighted by molar-refractivity contribution is 7.99. The Morgan fingerprint density at radius 1 is 1.32 bits per heavy atom. The first-order valence-electron chi connectivity index (χ1n) is 8.07. The van der Waals surface area contributed by atoms with Crippen LogP contribution in [0.5, 0.6) is 0 Å². The van der Waals surface area contributed by atoms with Gasteiger partial charge in [0.25, 0.3) is 0 Å². The number of carbonyl (C=O) groups is 1. The normalized spacial score (nSPS) is 12.1. The predicted molar refractivity (Wildman–Crippen MR) is 102 cm³/mol. The van der Waals surface area contributed by atoms with Gasteiger partial charge in [-0.25, -0.2) is 0 Å². The molecule has 0 fully saturated rings. The highest BCUT2D eigenvalue weighted by Crippen LogP contribution is 2.26. The van der Waals surface area contributed by atoms with Crippen LogP contribution in [0.3, 0.4) is 0 Å². The lowest BCUT2D eigenvalue weighted by Gasteiger charge is -2.18. The third-order valence-electron chi connectivity index (χ3n) is 3.80. The number of amides is 1. The molecule has 0 bridgehead atoms. The number of nitrogens with one attached hydrogen (secondary N) is 1. The van der Waals surface area contributed by atoms with Crippen LogP contribution in [0.4, 0.5) is 0 Å². The highest BCUT2D eigenvalue weighted by atomic mass is 32.2. The molecule has 7 heteroatoms. The molecule has 3 rings (SSSR count). The fraction of sp³-hybridized carbons (Fsp3) is 0.278. The first-order valence-corrected chi connectivity index (χ1v) is 9.94. The van der Waals surface area contributed by atoms with E-state index in [0.717, 1.165) is 22.1 Å². The quantitative estimate of drug-likeness (QED) is 0.643. The first-order chi connectivity index (χ1) is 12.2. The Morgan fingerprint density at radius 3 is 2.80 bits per heavy atom. The average molecular weight is 373 g/mol. The summed E-state index contributed by atoms with van der Waals surface area (Å²) in [6.07, 6.45) is 1.68. The standard InChI is InChI=1S/C18H20N4OS2/c1-3-22-12-19-21-18(22)25-11-16(23)20-17(15-5-4-10-24-15)14-8-6-13(2)7-9-14/h4-10,12,17H,3,11H2,1-2H3,(H,20,23). The van der Waals surface area contributed by atoms with Gasteiger partial charge in [0.2, 0.25) is 5.91 Å². The van der Waals surface area contributed by atoms with Crippen LogP contribution in [0.15, 0.2) is 53.3 Å². The summed E-state index contributed by atoms with van der Waals surface area (Å²) >= 11 is 3.05. The zero-order valence-electron chi connectivity index (χ0n) is 14.2. The van der Waals surface area contributed by atoms with Crippen molar-refractivity contribution in [1.29, 1.82) is 0 Å². The summed E-state index contributed by atoms with van der Waals surface area (Å²) in [5.74, 6) is 0.293. The number of rotatable bonds is 7. The second kappa shape index (κ2) is 8.31. The minimum Gasteiger partial charge on any atom is -0.344 e. The number of hydrogen-bond acceptors (Lipinski definition) is 5. The van der Waals surface area contributed by atoms with E-state index in [4.69, 9.17) is 0 Å². The summed E-state index contributed by atoms with van der Waals surface area (Å²) in [6.45, 7) is 4.87. The van der Waals surface area contributed by atoms with Gasteiger partial charge in [-0.2, -0.15) is 0 Å². The average Bonchev–Trinajstić information content (AvgIpc) is 3.30. The maximum atomic E-state index is 12.5. The molecule has 5 nitrogen and oxygen atoms in total. The molecule has 1 amide bonds. The summed E-state index contributed by atoms with van der Waals surface area (Å²) in [5.41, 5.74) is 2.29. The molecule has 2 heterocycles.